The Morgan fingerprint density at radius 1 is 1.12 bits per heavy atom. The van der Waals surface area contributed by atoms with Gasteiger partial charge < -0.3 is 5.32 Å². The van der Waals surface area contributed by atoms with Crippen LogP contribution in [0.15, 0.2) is 70.4 Å². The molecule has 0 atom stereocenters. The molecule has 1 amide bonds. The van der Waals surface area contributed by atoms with Crippen LogP contribution in [0.25, 0.3) is 11.3 Å². The van der Waals surface area contributed by atoms with E-state index in [0.29, 0.717) is 5.16 Å². The number of hydrogen-bond acceptors (Lipinski definition) is 4. The summed E-state index contributed by atoms with van der Waals surface area (Å²) in [7, 11) is 0. The van der Waals surface area contributed by atoms with E-state index in [2.05, 4.69) is 31.2 Å². The molecule has 0 bridgehead atoms. The molecule has 1 heterocycles. The number of aryl methyl sites for hydroxylation is 1. The lowest BCUT2D eigenvalue weighted by atomic mass is 10.1. The summed E-state index contributed by atoms with van der Waals surface area (Å²) in [5.74, 6) is 0.190. The minimum Gasteiger partial charge on any atom is -0.325 e. The van der Waals surface area contributed by atoms with Crippen molar-refractivity contribution in [1.29, 1.82) is 0 Å². The van der Waals surface area contributed by atoms with Gasteiger partial charge in [-0.05, 0) is 36.8 Å². The molecule has 0 spiro atoms. The van der Waals surface area contributed by atoms with Crippen molar-refractivity contribution >= 4 is 39.3 Å². The maximum absolute atomic E-state index is 12.1. The number of para-hydroxylation sites is 1. The second kappa shape index (κ2) is 8.27. The van der Waals surface area contributed by atoms with Crippen molar-refractivity contribution in [2.75, 3.05) is 11.1 Å². The van der Waals surface area contributed by atoms with Crippen molar-refractivity contribution < 1.29 is 4.79 Å². The van der Waals surface area contributed by atoms with Crippen LogP contribution in [-0.4, -0.2) is 21.6 Å². The number of anilines is 1. The average Bonchev–Trinajstić information content (AvgIpc) is 2.63. The normalized spacial score (nSPS) is 10.5. The number of nitrogens with one attached hydrogen (secondary N) is 1. The first kappa shape index (κ1) is 17.6. The summed E-state index contributed by atoms with van der Waals surface area (Å²) in [6.45, 7) is 1.97. The number of aromatic nitrogens is 2. The third-order valence-electron chi connectivity index (χ3n) is 3.52. The van der Waals surface area contributed by atoms with Crippen LogP contribution < -0.4 is 5.32 Å². The SMILES string of the molecule is Cc1ccccc1NC(=O)CSc1nccc(-c2ccc(Br)cc2)n1. The van der Waals surface area contributed by atoms with E-state index in [1.807, 2.05) is 61.5 Å². The van der Waals surface area contributed by atoms with Gasteiger partial charge in [-0.15, -0.1) is 0 Å². The summed E-state index contributed by atoms with van der Waals surface area (Å²) in [5.41, 5.74) is 3.72. The highest BCUT2D eigenvalue weighted by Crippen LogP contribution is 2.22. The highest BCUT2D eigenvalue weighted by Gasteiger charge is 2.08. The molecular formula is C19H16BrN3OS. The predicted octanol–water partition coefficient (Wildman–Crippen LogP) is 4.95. The highest BCUT2D eigenvalue weighted by atomic mass is 79.9. The van der Waals surface area contributed by atoms with Gasteiger partial charge in [-0.3, -0.25) is 4.79 Å². The van der Waals surface area contributed by atoms with Crippen molar-refractivity contribution in [3.8, 4) is 11.3 Å². The largest absolute Gasteiger partial charge is 0.325 e. The minimum atomic E-state index is -0.0723. The first-order chi connectivity index (χ1) is 12.1. The molecule has 0 unspecified atom stereocenters. The van der Waals surface area contributed by atoms with Crippen molar-refractivity contribution in [3.63, 3.8) is 0 Å². The molecule has 0 aliphatic heterocycles. The Balaban J connectivity index is 1.63. The molecule has 0 fully saturated rings. The fourth-order valence-corrected chi connectivity index (χ4v) is 3.12. The topological polar surface area (TPSA) is 54.9 Å². The summed E-state index contributed by atoms with van der Waals surface area (Å²) in [6.07, 6.45) is 1.71. The van der Waals surface area contributed by atoms with E-state index in [1.165, 1.54) is 11.8 Å². The molecule has 6 heteroatoms. The van der Waals surface area contributed by atoms with Crippen LogP contribution >= 0.6 is 27.7 Å². The number of benzene rings is 2. The van der Waals surface area contributed by atoms with Crippen molar-refractivity contribution in [2.24, 2.45) is 0 Å². The van der Waals surface area contributed by atoms with Gasteiger partial charge in [0, 0.05) is 21.9 Å². The number of thioether (sulfide) groups is 1. The van der Waals surface area contributed by atoms with Gasteiger partial charge in [-0.25, -0.2) is 9.97 Å². The third-order valence-corrected chi connectivity index (χ3v) is 4.92. The Bertz CT molecular complexity index is 884. The molecule has 0 aliphatic rings. The van der Waals surface area contributed by atoms with Gasteiger partial charge in [0.1, 0.15) is 0 Å². The summed E-state index contributed by atoms with van der Waals surface area (Å²) < 4.78 is 1.02. The first-order valence-electron chi connectivity index (χ1n) is 7.69. The molecular weight excluding hydrogens is 398 g/mol. The van der Waals surface area contributed by atoms with Crippen LogP contribution in [0.2, 0.25) is 0 Å². The van der Waals surface area contributed by atoms with Gasteiger partial charge in [0.2, 0.25) is 5.91 Å². The van der Waals surface area contributed by atoms with E-state index in [0.717, 1.165) is 27.0 Å². The van der Waals surface area contributed by atoms with Crippen LogP contribution in [0.3, 0.4) is 0 Å². The van der Waals surface area contributed by atoms with Crippen molar-refractivity contribution in [3.05, 3.63) is 70.8 Å². The zero-order valence-electron chi connectivity index (χ0n) is 13.6. The second-order valence-electron chi connectivity index (χ2n) is 5.38. The molecule has 0 aliphatic carbocycles. The lowest BCUT2D eigenvalue weighted by molar-refractivity contribution is -0.113. The van der Waals surface area contributed by atoms with E-state index in [4.69, 9.17) is 0 Å². The number of amides is 1. The van der Waals surface area contributed by atoms with E-state index in [9.17, 15) is 4.79 Å². The van der Waals surface area contributed by atoms with Crippen LogP contribution in [-0.2, 0) is 4.79 Å². The van der Waals surface area contributed by atoms with Gasteiger partial charge in [0.05, 0.1) is 11.4 Å². The van der Waals surface area contributed by atoms with Gasteiger partial charge in [0.15, 0.2) is 5.16 Å². The molecule has 3 aromatic rings. The Hall–Kier alpha value is -2.18. The van der Waals surface area contributed by atoms with Crippen LogP contribution in [0.5, 0.6) is 0 Å². The molecule has 4 nitrogen and oxygen atoms in total. The number of hydrogen-bond donors (Lipinski definition) is 1. The van der Waals surface area contributed by atoms with E-state index >= 15 is 0 Å². The lowest BCUT2D eigenvalue weighted by Crippen LogP contribution is -2.15. The van der Waals surface area contributed by atoms with Crippen molar-refractivity contribution in [2.45, 2.75) is 12.1 Å². The molecule has 0 saturated heterocycles. The molecule has 3 rings (SSSR count). The van der Waals surface area contributed by atoms with Gasteiger partial charge in [-0.2, -0.15) is 0 Å². The van der Waals surface area contributed by atoms with Gasteiger partial charge in [-0.1, -0.05) is 58.0 Å². The van der Waals surface area contributed by atoms with E-state index in [-0.39, 0.29) is 11.7 Å². The quantitative estimate of drug-likeness (QED) is 0.475. The van der Waals surface area contributed by atoms with Crippen LogP contribution in [0.4, 0.5) is 5.69 Å². The number of carbonyl (C=O) groups excluding carboxylic acids is 1. The van der Waals surface area contributed by atoms with E-state index < -0.39 is 0 Å². The van der Waals surface area contributed by atoms with Crippen LogP contribution in [0.1, 0.15) is 5.56 Å². The zero-order valence-corrected chi connectivity index (χ0v) is 16.0. The fourth-order valence-electron chi connectivity index (χ4n) is 2.22. The molecule has 0 radical (unpaired) electrons. The fraction of sp³-hybridized carbons (Fsp3) is 0.105. The van der Waals surface area contributed by atoms with E-state index in [1.54, 1.807) is 6.20 Å². The maximum Gasteiger partial charge on any atom is 0.234 e. The molecule has 0 saturated carbocycles. The van der Waals surface area contributed by atoms with Crippen molar-refractivity contribution in [1.82, 2.24) is 9.97 Å². The zero-order chi connectivity index (χ0) is 17.6. The predicted molar refractivity (Wildman–Crippen MR) is 106 cm³/mol. The Morgan fingerprint density at radius 3 is 2.64 bits per heavy atom. The molecule has 1 N–H and O–H groups in total. The second-order valence-corrected chi connectivity index (χ2v) is 7.24. The summed E-state index contributed by atoms with van der Waals surface area (Å²) in [4.78, 5) is 20.9. The van der Waals surface area contributed by atoms with Gasteiger partial charge in [0.25, 0.3) is 0 Å². The molecule has 1 aromatic heterocycles. The first-order valence-corrected chi connectivity index (χ1v) is 9.47. The van der Waals surface area contributed by atoms with Crippen LogP contribution in [0, 0.1) is 6.92 Å². The Kier molecular flexibility index (Phi) is 5.83. The standard InChI is InChI=1S/C19H16BrN3OS/c1-13-4-2-3-5-16(13)22-18(24)12-25-19-21-11-10-17(23-19)14-6-8-15(20)9-7-14/h2-11H,12H2,1H3,(H,22,24). The number of rotatable bonds is 5. The summed E-state index contributed by atoms with van der Waals surface area (Å²) >= 11 is 4.75. The monoisotopic (exact) mass is 413 g/mol. The Labute approximate surface area is 159 Å². The third kappa shape index (κ3) is 4.90. The molecule has 126 valence electrons. The summed E-state index contributed by atoms with van der Waals surface area (Å²) in [6, 6.07) is 17.5. The number of nitrogens with zero attached hydrogens (tertiary/aromatic N) is 2. The average molecular weight is 414 g/mol. The number of halogens is 1. The smallest absolute Gasteiger partial charge is 0.234 e. The summed E-state index contributed by atoms with van der Waals surface area (Å²) in [5, 5.41) is 3.50. The maximum atomic E-state index is 12.1. The Morgan fingerprint density at radius 2 is 1.88 bits per heavy atom. The highest BCUT2D eigenvalue weighted by molar-refractivity contribution is 9.10. The minimum absolute atomic E-state index is 0.0723. The number of carbonyl (C=O) groups is 1. The molecule has 2 aromatic carbocycles. The van der Waals surface area contributed by atoms with Gasteiger partial charge >= 0.3 is 0 Å². The lowest BCUT2D eigenvalue weighted by Gasteiger charge is -2.08. The molecule has 25 heavy (non-hydrogen) atoms.